The van der Waals surface area contributed by atoms with Crippen LogP contribution >= 0.6 is 0 Å². The van der Waals surface area contributed by atoms with Crippen molar-refractivity contribution in [2.45, 2.75) is 39.5 Å². The lowest BCUT2D eigenvalue weighted by atomic mass is 10.1. The summed E-state index contributed by atoms with van der Waals surface area (Å²) in [6.07, 6.45) is 4.75. The van der Waals surface area contributed by atoms with Crippen molar-refractivity contribution in [3.05, 3.63) is 48.0 Å². The van der Waals surface area contributed by atoms with Crippen LogP contribution in [0.15, 0.2) is 42.5 Å². The second-order valence-electron chi connectivity index (χ2n) is 7.12. The summed E-state index contributed by atoms with van der Waals surface area (Å²) in [5.74, 6) is -0.249. The number of ether oxygens (including phenoxy) is 1. The Balaban J connectivity index is 1.60. The minimum absolute atomic E-state index is 0.249. The molecule has 27 heavy (non-hydrogen) atoms. The third-order valence-electron chi connectivity index (χ3n) is 5.04. The lowest BCUT2D eigenvalue weighted by Gasteiger charge is -2.21. The van der Waals surface area contributed by atoms with Gasteiger partial charge in [-0.05, 0) is 44.1 Å². The van der Waals surface area contributed by atoms with E-state index in [9.17, 15) is 4.79 Å². The van der Waals surface area contributed by atoms with Gasteiger partial charge in [-0.1, -0.05) is 51.0 Å². The van der Waals surface area contributed by atoms with Crippen LogP contribution in [0.4, 0.5) is 0 Å². The average Bonchev–Trinajstić information content (AvgIpc) is 3.07. The summed E-state index contributed by atoms with van der Waals surface area (Å²) in [7, 11) is 0. The molecule has 0 spiro atoms. The molecule has 0 aliphatic heterocycles. The van der Waals surface area contributed by atoms with Crippen LogP contribution < -0.4 is 0 Å². The van der Waals surface area contributed by atoms with E-state index in [1.165, 1.54) is 31.1 Å². The summed E-state index contributed by atoms with van der Waals surface area (Å²) < 4.78 is 5.55. The number of aromatic nitrogens is 1. The summed E-state index contributed by atoms with van der Waals surface area (Å²) in [6.45, 7) is 7.82. The highest BCUT2D eigenvalue weighted by Crippen LogP contribution is 2.26. The maximum Gasteiger partial charge on any atom is 0.338 e. The Hall–Kier alpha value is -2.33. The molecule has 0 radical (unpaired) electrons. The van der Waals surface area contributed by atoms with Crippen LogP contribution in [-0.2, 0) is 4.74 Å². The quantitative estimate of drug-likeness (QED) is 0.490. The molecule has 3 aromatic rings. The van der Waals surface area contributed by atoms with Gasteiger partial charge in [0.1, 0.15) is 6.61 Å². The van der Waals surface area contributed by atoms with E-state index < -0.39 is 0 Å². The number of hydrogen-bond acceptors (Lipinski definition) is 3. The van der Waals surface area contributed by atoms with Crippen molar-refractivity contribution in [2.75, 3.05) is 26.2 Å². The molecule has 0 atom stereocenters. The van der Waals surface area contributed by atoms with Gasteiger partial charge in [0.05, 0.1) is 5.56 Å². The van der Waals surface area contributed by atoms with E-state index in [2.05, 4.69) is 35.9 Å². The second-order valence-corrected chi connectivity index (χ2v) is 7.12. The largest absolute Gasteiger partial charge is 0.461 e. The highest BCUT2D eigenvalue weighted by atomic mass is 16.5. The molecule has 0 aliphatic carbocycles. The Morgan fingerprint density at radius 2 is 1.63 bits per heavy atom. The number of carbonyl (C=O) groups is 1. The first-order valence-electron chi connectivity index (χ1n) is 10.1. The zero-order chi connectivity index (χ0) is 19.1. The van der Waals surface area contributed by atoms with Crippen molar-refractivity contribution < 1.29 is 9.53 Å². The molecule has 0 fully saturated rings. The summed E-state index contributed by atoms with van der Waals surface area (Å²) in [6, 6.07) is 13.9. The van der Waals surface area contributed by atoms with Crippen molar-refractivity contribution in [1.82, 2.24) is 9.88 Å². The SMILES string of the molecule is CCCCN(CCCC)CCOC(=O)c1ccc2c(c1)[nH]c1ccccc12. The number of hydrogen-bond donors (Lipinski definition) is 1. The fourth-order valence-electron chi connectivity index (χ4n) is 3.43. The maximum atomic E-state index is 12.5. The van der Waals surface area contributed by atoms with E-state index in [1.807, 2.05) is 30.3 Å². The van der Waals surface area contributed by atoms with Crippen molar-refractivity contribution in [2.24, 2.45) is 0 Å². The number of carbonyl (C=O) groups excluding carboxylic acids is 1. The van der Waals surface area contributed by atoms with Crippen LogP contribution in [0.5, 0.6) is 0 Å². The normalized spacial score (nSPS) is 11.5. The highest BCUT2D eigenvalue weighted by Gasteiger charge is 2.12. The van der Waals surface area contributed by atoms with Gasteiger partial charge in [-0.25, -0.2) is 4.79 Å². The van der Waals surface area contributed by atoms with Gasteiger partial charge < -0.3 is 9.72 Å². The van der Waals surface area contributed by atoms with Gasteiger partial charge >= 0.3 is 5.97 Å². The summed E-state index contributed by atoms with van der Waals surface area (Å²) >= 11 is 0. The molecule has 2 aromatic carbocycles. The predicted octanol–water partition coefficient (Wildman–Crippen LogP) is 5.38. The van der Waals surface area contributed by atoms with Crippen LogP contribution in [-0.4, -0.2) is 42.1 Å². The third-order valence-corrected chi connectivity index (χ3v) is 5.04. The Bertz CT molecular complexity index is 876. The second kappa shape index (κ2) is 9.56. The van der Waals surface area contributed by atoms with Gasteiger partial charge in [0.25, 0.3) is 0 Å². The van der Waals surface area contributed by atoms with E-state index in [4.69, 9.17) is 4.74 Å². The molecule has 4 nitrogen and oxygen atoms in total. The smallest absolute Gasteiger partial charge is 0.338 e. The number of unbranched alkanes of at least 4 members (excludes halogenated alkanes) is 2. The lowest BCUT2D eigenvalue weighted by Crippen LogP contribution is -2.30. The summed E-state index contributed by atoms with van der Waals surface area (Å²) in [5.41, 5.74) is 2.65. The monoisotopic (exact) mass is 366 g/mol. The van der Waals surface area contributed by atoms with Gasteiger partial charge in [-0.2, -0.15) is 0 Å². The number of aromatic amines is 1. The number of H-pyrrole nitrogens is 1. The first-order valence-corrected chi connectivity index (χ1v) is 10.1. The number of esters is 1. The molecule has 1 heterocycles. The molecule has 144 valence electrons. The number of benzene rings is 2. The van der Waals surface area contributed by atoms with Gasteiger partial charge in [-0.15, -0.1) is 0 Å². The number of nitrogens with one attached hydrogen (secondary N) is 1. The molecular weight excluding hydrogens is 336 g/mol. The number of nitrogens with zero attached hydrogens (tertiary/aromatic N) is 1. The first kappa shape index (κ1) is 19.4. The molecule has 1 aromatic heterocycles. The standard InChI is InChI=1S/C23H30N2O2/c1-3-5-13-25(14-6-4-2)15-16-27-23(26)18-11-12-20-19-9-7-8-10-21(19)24-22(20)17-18/h7-12,17,24H,3-6,13-16H2,1-2H3. The van der Waals surface area contributed by atoms with Crippen molar-refractivity contribution in [1.29, 1.82) is 0 Å². The average molecular weight is 367 g/mol. The van der Waals surface area contributed by atoms with Crippen molar-refractivity contribution >= 4 is 27.8 Å². The van der Waals surface area contributed by atoms with Crippen LogP contribution in [0.2, 0.25) is 0 Å². The maximum absolute atomic E-state index is 12.5. The summed E-state index contributed by atoms with van der Waals surface area (Å²) in [5, 5.41) is 2.31. The molecular formula is C23H30N2O2. The van der Waals surface area contributed by atoms with Gasteiger partial charge in [0.15, 0.2) is 0 Å². The molecule has 0 saturated carbocycles. The molecule has 3 rings (SSSR count). The number of rotatable bonds is 10. The molecule has 0 amide bonds. The van der Waals surface area contributed by atoms with Gasteiger partial charge in [-0.3, -0.25) is 4.90 Å². The number of fused-ring (bicyclic) bond motifs is 3. The topological polar surface area (TPSA) is 45.3 Å². The van der Waals surface area contributed by atoms with E-state index in [1.54, 1.807) is 0 Å². The van der Waals surface area contributed by atoms with Crippen molar-refractivity contribution in [3.63, 3.8) is 0 Å². The van der Waals surface area contributed by atoms with E-state index in [0.29, 0.717) is 12.2 Å². The van der Waals surface area contributed by atoms with E-state index in [0.717, 1.165) is 36.1 Å². The first-order chi connectivity index (χ1) is 13.2. The van der Waals surface area contributed by atoms with Crippen LogP contribution in [0, 0.1) is 0 Å². The van der Waals surface area contributed by atoms with Gasteiger partial charge in [0.2, 0.25) is 0 Å². The van der Waals surface area contributed by atoms with E-state index in [-0.39, 0.29) is 5.97 Å². The fourth-order valence-corrected chi connectivity index (χ4v) is 3.43. The molecule has 0 aliphatic rings. The minimum Gasteiger partial charge on any atom is -0.461 e. The van der Waals surface area contributed by atoms with Crippen molar-refractivity contribution in [3.8, 4) is 0 Å². The van der Waals surface area contributed by atoms with Crippen LogP contribution in [0.3, 0.4) is 0 Å². The molecule has 4 heteroatoms. The number of para-hydroxylation sites is 1. The summed E-state index contributed by atoms with van der Waals surface area (Å²) in [4.78, 5) is 18.2. The molecule has 0 unspecified atom stereocenters. The Morgan fingerprint density at radius 3 is 2.37 bits per heavy atom. The minimum atomic E-state index is -0.249. The Kier molecular flexibility index (Phi) is 6.88. The zero-order valence-electron chi connectivity index (χ0n) is 16.5. The highest BCUT2D eigenvalue weighted by molar-refractivity contribution is 6.08. The Morgan fingerprint density at radius 1 is 0.926 bits per heavy atom. The Labute approximate surface area is 161 Å². The molecule has 0 bridgehead atoms. The third kappa shape index (κ3) is 4.89. The fraction of sp³-hybridized carbons (Fsp3) is 0.435. The van der Waals surface area contributed by atoms with Gasteiger partial charge in [0, 0.05) is 28.4 Å². The van der Waals surface area contributed by atoms with Crippen LogP contribution in [0.1, 0.15) is 49.9 Å². The van der Waals surface area contributed by atoms with Crippen LogP contribution in [0.25, 0.3) is 21.8 Å². The van der Waals surface area contributed by atoms with E-state index >= 15 is 0 Å². The lowest BCUT2D eigenvalue weighted by molar-refractivity contribution is 0.0460. The predicted molar refractivity (Wildman–Crippen MR) is 112 cm³/mol. The zero-order valence-corrected chi connectivity index (χ0v) is 16.5. The molecule has 1 N–H and O–H groups in total. The molecule has 0 saturated heterocycles.